The second-order valence-electron chi connectivity index (χ2n) is 12.0. The van der Waals surface area contributed by atoms with Crippen LogP contribution in [0.5, 0.6) is 5.75 Å². The number of phenols is 1. The van der Waals surface area contributed by atoms with Crippen molar-refractivity contribution in [3.05, 3.63) is 84.4 Å². The molecule has 2 fully saturated rings. The number of fused-ring (bicyclic) bond motifs is 1. The number of nitrogens with one attached hydrogen (secondary N) is 2. The zero-order chi connectivity index (χ0) is 31.6. The molecule has 2 aromatic heterocycles. The van der Waals surface area contributed by atoms with Crippen LogP contribution in [0.2, 0.25) is 0 Å². The number of ether oxygens (including phenoxy) is 1. The van der Waals surface area contributed by atoms with Gasteiger partial charge in [-0.05, 0) is 56.0 Å². The molecule has 2 aliphatic heterocycles. The molecule has 1 amide bonds. The molecule has 4 N–H and O–H groups in total. The number of hydrogen-bond acceptors (Lipinski definition) is 9. The van der Waals surface area contributed by atoms with Crippen LogP contribution in [0.1, 0.15) is 57.8 Å². The van der Waals surface area contributed by atoms with Gasteiger partial charge in [-0.2, -0.15) is 0 Å². The van der Waals surface area contributed by atoms with Crippen LogP contribution in [0.3, 0.4) is 0 Å². The number of aromatic nitrogens is 1. The summed E-state index contributed by atoms with van der Waals surface area (Å²) < 4.78 is 21.7. The van der Waals surface area contributed by atoms with Crippen molar-refractivity contribution >= 4 is 38.8 Å². The first-order chi connectivity index (χ1) is 21.7. The van der Waals surface area contributed by atoms with Crippen molar-refractivity contribution < 1.29 is 24.1 Å². The van der Waals surface area contributed by atoms with E-state index in [1.165, 1.54) is 17.0 Å². The number of aromatic hydroxyl groups is 1. The van der Waals surface area contributed by atoms with Crippen molar-refractivity contribution in [2.75, 3.05) is 45.9 Å². The number of phenolic OH excluding ortho intramolecular Hbond substituents is 1. The Labute approximate surface area is 269 Å². The molecular weight excluding hydrogens is 616 g/mol. The van der Waals surface area contributed by atoms with Crippen molar-refractivity contribution in [1.82, 2.24) is 20.1 Å². The second kappa shape index (κ2) is 13.7. The van der Waals surface area contributed by atoms with E-state index in [0.717, 1.165) is 54.8 Å². The van der Waals surface area contributed by atoms with Crippen LogP contribution in [-0.4, -0.2) is 82.4 Å². The van der Waals surface area contributed by atoms with E-state index in [1.807, 2.05) is 22.4 Å². The fraction of sp³-hybridized carbons (Fsp3) is 0.455. The number of aryl methyl sites for hydroxylation is 1. The molecule has 2 saturated heterocycles. The minimum Gasteiger partial charge on any atom is -0.506 e. The summed E-state index contributed by atoms with van der Waals surface area (Å²) in [5.74, 6) is -0.170. The third kappa shape index (κ3) is 7.16. The highest BCUT2D eigenvalue weighted by molar-refractivity contribution is 7.16. The number of thiophene rings is 1. The number of morpholine rings is 1. The van der Waals surface area contributed by atoms with E-state index in [9.17, 15) is 24.2 Å². The van der Waals surface area contributed by atoms with E-state index in [4.69, 9.17) is 4.74 Å². The van der Waals surface area contributed by atoms with Crippen LogP contribution in [-0.2, 0) is 24.1 Å². The van der Waals surface area contributed by atoms with Gasteiger partial charge >= 0.3 is 4.87 Å². The van der Waals surface area contributed by atoms with Gasteiger partial charge in [-0.3, -0.25) is 14.5 Å². The summed E-state index contributed by atoms with van der Waals surface area (Å²) in [6.07, 6.45) is 2.32. The summed E-state index contributed by atoms with van der Waals surface area (Å²) in [5.41, 5.74) is 2.99. The first-order valence-corrected chi connectivity index (χ1v) is 17.2. The van der Waals surface area contributed by atoms with Crippen molar-refractivity contribution in [2.24, 2.45) is 0 Å². The number of rotatable bonds is 10. The topological polar surface area (TPSA) is 118 Å². The predicted molar refractivity (Wildman–Crippen MR) is 175 cm³/mol. The number of halogens is 1. The van der Waals surface area contributed by atoms with Crippen molar-refractivity contribution in [2.45, 2.75) is 50.9 Å². The number of aromatic amines is 1. The first-order valence-electron chi connectivity index (χ1n) is 15.5. The first kappa shape index (κ1) is 31.8. The maximum atomic E-state index is 14.9. The molecule has 2 aliphatic rings. The zero-order valence-corrected chi connectivity index (χ0v) is 26.9. The molecule has 12 heteroatoms. The summed E-state index contributed by atoms with van der Waals surface area (Å²) >= 11 is 2.59. The van der Waals surface area contributed by atoms with Gasteiger partial charge in [0.05, 0.1) is 35.1 Å². The Morgan fingerprint density at radius 3 is 2.80 bits per heavy atom. The largest absolute Gasteiger partial charge is 0.506 e. The van der Waals surface area contributed by atoms with Crippen LogP contribution in [0.25, 0.3) is 10.2 Å². The SMILES string of the molecule is CCc1cc(C(=O)N2CCOC3(CCN(Cc4cc(CCNCC(O)c5ccc(O)c6[nH]c(=O)sc56)ccc4F)CC3)C2)cs1. The highest BCUT2D eigenvalue weighted by Gasteiger charge is 2.41. The van der Waals surface area contributed by atoms with Crippen molar-refractivity contribution in [1.29, 1.82) is 0 Å². The van der Waals surface area contributed by atoms with E-state index in [1.54, 1.807) is 23.5 Å². The number of aliphatic hydroxyl groups excluding tert-OH is 1. The van der Waals surface area contributed by atoms with E-state index in [2.05, 4.69) is 22.1 Å². The smallest absolute Gasteiger partial charge is 0.305 e. The van der Waals surface area contributed by atoms with Gasteiger partial charge in [0.15, 0.2) is 0 Å². The van der Waals surface area contributed by atoms with Crippen molar-refractivity contribution in [3.8, 4) is 5.75 Å². The molecule has 9 nitrogen and oxygen atoms in total. The Hall–Kier alpha value is -3.13. The van der Waals surface area contributed by atoms with Crippen molar-refractivity contribution in [3.63, 3.8) is 0 Å². The quantitative estimate of drug-likeness (QED) is 0.187. The Balaban J connectivity index is 0.990. The molecule has 240 valence electrons. The monoisotopic (exact) mass is 654 g/mol. The summed E-state index contributed by atoms with van der Waals surface area (Å²) in [6, 6.07) is 10.3. The van der Waals surface area contributed by atoms with Crippen LogP contribution in [0.15, 0.2) is 46.6 Å². The number of likely N-dealkylation sites (tertiary alicyclic amines) is 1. The average Bonchev–Trinajstić information content (AvgIpc) is 3.69. The highest BCUT2D eigenvalue weighted by atomic mass is 32.1. The van der Waals surface area contributed by atoms with Gasteiger partial charge in [0.1, 0.15) is 17.1 Å². The number of hydrogen-bond donors (Lipinski definition) is 4. The van der Waals surface area contributed by atoms with Gasteiger partial charge in [-0.25, -0.2) is 4.39 Å². The molecule has 2 aromatic carbocycles. The number of piperidine rings is 1. The Kier molecular flexibility index (Phi) is 9.69. The Bertz CT molecular complexity index is 1710. The lowest BCUT2D eigenvalue weighted by Crippen LogP contribution is -2.57. The Morgan fingerprint density at radius 2 is 2.02 bits per heavy atom. The van der Waals surface area contributed by atoms with E-state index >= 15 is 0 Å². The number of aliphatic hydroxyl groups is 1. The van der Waals surface area contributed by atoms with E-state index in [-0.39, 0.29) is 34.5 Å². The molecule has 1 unspecified atom stereocenters. The molecule has 1 spiro atoms. The minimum atomic E-state index is -0.853. The number of nitrogens with zero attached hydrogens (tertiary/aromatic N) is 2. The van der Waals surface area contributed by atoms with Gasteiger partial charge in [-0.15, -0.1) is 11.3 Å². The molecule has 0 aliphatic carbocycles. The average molecular weight is 655 g/mol. The lowest BCUT2D eigenvalue weighted by Gasteiger charge is -2.47. The summed E-state index contributed by atoms with van der Waals surface area (Å²) in [6.45, 7) is 6.72. The standard InChI is InChI=1S/C33H39FN4O5S2/c1-2-24-16-23(19-44-24)31(41)38-13-14-43-33(20-38)8-11-37(12-9-33)18-22-15-21(3-5-26(22)34)7-10-35-17-28(40)25-4-6-27(39)29-30(25)45-32(42)36-29/h3-6,15-16,19,28,35,39-40H,2,7-14,17-18,20H2,1H3,(H,36,42). The number of thiazole rings is 1. The molecule has 0 radical (unpaired) electrons. The molecule has 0 bridgehead atoms. The number of benzene rings is 2. The summed E-state index contributed by atoms with van der Waals surface area (Å²) in [7, 11) is 0. The fourth-order valence-electron chi connectivity index (χ4n) is 6.33. The lowest BCUT2D eigenvalue weighted by atomic mass is 9.89. The van der Waals surface area contributed by atoms with Crippen LogP contribution < -0.4 is 10.2 Å². The number of H-pyrrole nitrogens is 1. The van der Waals surface area contributed by atoms with E-state index < -0.39 is 6.10 Å². The molecule has 4 heterocycles. The van der Waals surface area contributed by atoms with E-state index in [0.29, 0.717) is 60.6 Å². The fourth-order valence-corrected chi connectivity index (χ4v) is 8.06. The summed E-state index contributed by atoms with van der Waals surface area (Å²) in [4.78, 5) is 32.7. The van der Waals surface area contributed by atoms with Gasteiger partial charge in [-0.1, -0.05) is 36.5 Å². The zero-order valence-electron chi connectivity index (χ0n) is 25.3. The summed E-state index contributed by atoms with van der Waals surface area (Å²) in [5, 5.41) is 25.9. The maximum Gasteiger partial charge on any atom is 0.305 e. The third-order valence-electron chi connectivity index (χ3n) is 8.93. The minimum absolute atomic E-state index is 0.0240. The molecular formula is C33H39FN4O5S2. The number of amides is 1. The molecule has 45 heavy (non-hydrogen) atoms. The number of carbonyl (C=O) groups is 1. The van der Waals surface area contributed by atoms with Gasteiger partial charge in [0, 0.05) is 54.1 Å². The second-order valence-corrected chi connectivity index (χ2v) is 14.0. The van der Waals surface area contributed by atoms with Crippen LogP contribution in [0, 0.1) is 5.82 Å². The normalized spacial score (nSPS) is 17.7. The third-order valence-corrected chi connectivity index (χ3v) is 10.9. The van der Waals surface area contributed by atoms with Crippen LogP contribution in [0.4, 0.5) is 4.39 Å². The molecule has 0 saturated carbocycles. The Morgan fingerprint density at radius 1 is 1.20 bits per heavy atom. The molecule has 6 rings (SSSR count). The van der Waals surface area contributed by atoms with Gasteiger partial charge in [0.2, 0.25) is 0 Å². The van der Waals surface area contributed by atoms with Gasteiger partial charge in [0.25, 0.3) is 5.91 Å². The van der Waals surface area contributed by atoms with Gasteiger partial charge < -0.3 is 30.2 Å². The molecule has 1 atom stereocenters. The molecule has 4 aromatic rings. The predicted octanol–water partition coefficient (Wildman–Crippen LogP) is 4.43. The lowest BCUT2D eigenvalue weighted by molar-refractivity contribution is -0.128. The highest BCUT2D eigenvalue weighted by Crippen LogP contribution is 2.33. The van der Waals surface area contributed by atoms with Crippen LogP contribution >= 0.6 is 22.7 Å². The number of carbonyl (C=O) groups excluding carboxylic acids is 1. The maximum absolute atomic E-state index is 14.9.